The third kappa shape index (κ3) is 5.77. The summed E-state index contributed by atoms with van der Waals surface area (Å²) in [7, 11) is 0. The molecule has 3 aromatic carbocycles. The standard InChI is InChI=1S/C28H30N4O2/c1-2-16-31(20-23-8-11-24-6-3-4-7-25(24)19-23)17-5-14-29-27-28(34)32(18-15-30-27)26-12-9-22(21-33)10-13-26/h3-4,6-13,15,18-19,21H,2,5,14,16-17,20H2,1H3,(H,29,30). The molecule has 6 nitrogen and oxygen atoms in total. The van der Waals surface area contributed by atoms with Crippen molar-refractivity contribution in [1.29, 1.82) is 0 Å². The molecule has 0 aliphatic rings. The number of carbonyl (C=O) groups is 1. The van der Waals surface area contributed by atoms with Crippen molar-refractivity contribution < 1.29 is 4.79 Å². The number of aromatic nitrogens is 2. The second-order valence-corrected chi connectivity index (χ2v) is 8.40. The van der Waals surface area contributed by atoms with Crippen LogP contribution in [0, 0.1) is 0 Å². The first kappa shape index (κ1) is 23.4. The maximum Gasteiger partial charge on any atom is 0.297 e. The van der Waals surface area contributed by atoms with E-state index in [4.69, 9.17) is 0 Å². The van der Waals surface area contributed by atoms with Crippen molar-refractivity contribution in [2.24, 2.45) is 0 Å². The number of nitrogens with one attached hydrogen (secondary N) is 1. The summed E-state index contributed by atoms with van der Waals surface area (Å²) in [5.74, 6) is 0.332. The van der Waals surface area contributed by atoms with Crippen LogP contribution in [0.25, 0.3) is 16.5 Å². The van der Waals surface area contributed by atoms with E-state index in [-0.39, 0.29) is 5.56 Å². The third-order valence-electron chi connectivity index (χ3n) is 5.85. The Kier molecular flexibility index (Phi) is 7.83. The summed E-state index contributed by atoms with van der Waals surface area (Å²) in [5.41, 5.74) is 2.38. The molecule has 0 amide bonds. The van der Waals surface area contributed by atoms with E-state index in [0.717, 1.165) is 38.8 Å². The van der Waals surface area contributed by atoms with E-state index < -0.39 is 0 Å². The van der Waals surface area contributed by atoms with Gasteiger partial charge in [-0.2, -0.15) is 0 Å². The van der Waals surface area contributed by atoms with Gasteiger partial charge in [-0.3, -0.25) is 19.1 Å². The lowest BCUT2D eigenvalue weighted by Crippen LogP contribution is -2.28. The van der Waals surface area contributed by atoms with Crippen LogP contribution >= 0.6 is 0 Å². The quantitative estimate of drug-likeness (QED) is 0.258. The van der Waals surface area contributed by atoms with Crippen LogP contribution in [0.1, 0.15) is 35.7 Å². The SMILES string of the molecule is CCCN(CCCNc1nccn(-c2ccc(C=O)cc2)c1=O)Cc1ccc2ccccc2c1. The minimum absolute atomic E-state index is 0.206. The number of rotatable bonds is 11. The largest absolute Gasteiger partial charge is 0.365 e. The van der Waals surface area contributed by atoms with Crippen LogP contribution in [0.5, 0.6) is 0 Å². The number of hydrogen-bond donors (Lipinski definition) is 1. The van der Waals surface area contributed by atoms with E-state index in [1.807, 2.05) is 0 Å². The molecule has 0 saturated heterocycles. The monoisotopic (exact) mass is 454 g/mol. The number of anilines is 1. The van der Waals surface area contributed by atoms with E-state index in [1.165, 1.54) is 20.9 Å². The minimum Gasteiger partial charge on any atom is -0.365 e. The second kappa shape index (κ2) is 11.4. The molecule has 0 bridgehead atoms. The Balaban J connectivity index is 1.35. The van der Waals surface area contributed by atoms with Gasteiger partial charge in [-0.05, 0) is 66.1 Å². The van der Waals surface area contributed by atoms with Crippen molar-refractivity contribution in [3.05, 3.63) is 101 Å². The van der Waals surface area contributed by atoms with Crippen LogP contribution in [0.15, 0.2) is 83.9 Å². The molecule has 174 valence electrons. The van der Waals surface area contributed by atoms with Gasteiger partial charge in [0.05, 0.1) is 0 Å². The Morgan fingerprint density at radius 3 is 2.56 bits per heavy atom. The molecule has 0 saturated carbocycles. The summed E-state index contributed by atoms with van der Waals surface area (Å²) >= 11 is 0. The summed E-state index contributed by atoms with van der Waals surface area (Å²) in [5, 5.41) is 5.73. The molecule has 4 rings (SSSR count). The van der Waals surface area contributed by atoms with E-state index in [9.17, 15) is 9.59 Å². The minimum atomic E-state index is -0.206. The molecule has 1 heterocycles. The van der Waals surface area contributed by atoms with E-state index >= 15 is 0 Å². The molecular weight excluding hydrogens is 424 g/mol. The summed E-state index contributed by atoms with van der Waals surface area (Å²) in [6.07, 6.45) is 6.02. The Bertz CT molecular complexity index is 1300. The van der Waals surface area contributed by atoms with Crippen LogP contribution in [-0.2, 0) is 6.54 Å². The molecule has 0 aliphatic heterocycles. The maximum absolute atomic E-state index is 12.9. The van der Waals surface area contributed by atoms with Gasteiger partial charge in [0.15, 0.2) is 5.82 Å². The number of carbonyl (C=O) groups excluding carboxylic acids is 1. The van der Waals surface area contributed by atoms with Crippen molar-refractivity contribution in [1.82, 2.24) is 14.5 Å². The Hall–Kier alpha value is -3.77. The number of nitrogens with zero attached hydrogens (tertiary/aromatic N) is 3. The van der Waals surface area contributed by atoms with Crippen LogP contribution in [0.4, 0.5) is 5.82 Å². The van der Waals surface area contributed by atoms with Gasteiger partial charge in [0, 0.05) is 43.3 Å². The number of hydrogen-bond acceptors (Lipinski definition) is 5. The van der Waals surface area contributed by atoms with Gasteiger partial charge in [-0.1, -0.05) is 43.3 Å². The van der Waals surface area contributed by atoms with E-state index in [2.05, 4.69) is 64.6 Å². The van der Waals surface area contributed by atoms with Gasteiger partial charge in [0.2, 0.25) is 0 Å². The van der Waals surface area contributed by atoms with Gasteiger partial charge < -0.3 is 5.32 Å². The number of benzene rings is 3. The summed E-state index contributed by atoms with van der Waals surface area (Å²) in [6.45, 7) is 5.73. The third-order valence-corrected chi connectivity index (χ3v) is 5.85. The van der Waals surface area contributed by atoms with Crippen molar-refractivity contribution >= 4 is 22.9 Å². The first-order valence-corrected chi connectivity index (χ1v) is 11.7. The molecule has 0 spiro atoms. The average Bonchev–Trinajstić information content (AvgIpc) is 2.87. The zero-order chi connectivity index (χ0) is 23.8. The fourth-order valence-corrected chi connectivity index (χ4v) is 4.14. The van der Waals surface area contributed by atoms with Gasteiger partial charge in [0.25, 0.3) is 5.56 Å². The molecule has 1 aromatic heterocycles. The summed E-state index contributed by atoms with van der Waals surface area (Å²) in [4.78, 5) is 30.4. The highest BCUT2D eigenvalue weighted by Crippen LogP contribution is 2.17. The highest BCUT2D eigenvalue weighted by Gasteiger charge is 2.09. The topological polar surface area (TPSA) is 67.2 Å². The maximum atomic E-state index is 12.9. The van der Waals surface area contributed by atoms with E-state index in [1.54, 1.807) is 36.7 Å². The predicted octanol–water partition coefficient (Wildman–Crippen LogP) is 4.91. The fourth-order valence-electron chi connectivity index (χ4n) is 4.14. The lowest BCUT2D eigenvalue weighted by Gasteiger charge is -2.22. The molecule has 0 unspecified atom stereocenters. The molecule has 4 aromatic rings. The van der Waals surface area contributed by atoms with Crippen LogP contribution in [0.2, 0.25) is 0 Å². The van der Waals surface area contributed by atoms with Gasteiger partial charge in [-0.15, -0.1) is 0 Å². The van der Waals surface area contributed by atoms with Crippen molar-refractivity contribution in [2.75, 3.05) is 25.0 Å². The zero-order valence-corrected chi connectivity index (χ0v) is 19.5. The van der Waals surface area contributed by atoms with Gasteiger partial charge in [-0.25, -0.2) is 4.98 Å². The highest BCUT2D eigenvalue weighted by molar-refractivity contribution is 5.83. The lowest BCUT2D eigenvalue weighted by molar-refractivity contribution is 0.112. The average molecular weight is 455 g/mol. The Morgan fingerprint density at radius 1 is 1.00 bits per heavy atom. The van der Waals surface area contributed by atoms with Gasteiger partial charge >= 0.3 is 0 Å². The van der Waals surface area contributed by atoms with Crippen LogP contribution < -0.4 is 10.9 Å². The predicted molar refractivity (Wildman–Crippen MR) is 138 cm³/mol. The lowest BCUT2D eigenvalue weighted by atomic mass is 10.1. The second-order valence-electron chi connectivity index (χ2n) is 8.40. The molecule has 6 heteroatoms. The molecule has 0 atom stereocenters. The van der Waals surface area contributed by atoms with Crippen molar-refractivity contribution in [3.63, 3.8) is 0 Å². The van der Waals surface area contributed by atoms with Crippen LogP contribution in [0.3, 0.4) is 0 Å². The molecule has 34 heavy (non-hydrogen) atoms. The molecule has 0 fully saturated rings. The smallest absolute Gasteiger partial charge is 0.297 e. The Morgan fingerprint density at radius 2 is 1.79 bits per heavy atom. The van der Waals surface area contributed by atoms with Crippen LogP contribution in [-0.4, -0.2) is 40.4 Å². The number of aldehydes is 1. The normalized spacial score (nSPS) is 11.1. The first-order valence-electron chi connectivity index (χ1n) is 11.7. The first-order chi connectivity index (χ1) is 16.7. The molecule has 0 aliphatic carbocycles. The van der Waals surface area contributed by atoms with Crippen molar-refractivity contribution in [2.45, 2.75) is 26.3 Å². The fraction of sp³-hybridized carbons (Fsp3) is 0.250. The Labute approximate surface area is 199 Å². The number of fused-ring (bicyclic) bond motifs is 1. The van der Waals surface area contributed by atoms with Gasteiger partial charge in [0.1, 0.15) is 6.29 Å². The van der Waals surface area contributed by atoms with E-state index in [0.29, 0.717) is 23.6 Å². The summed E-state index contributed by atoms with van der Waals surface area (Å²) < 4.78 is 1.53. The molecule has 0 radical (unpaired) electrons. The summed E-state index contributed by atoms with van der Waals surface area (Å²) in [6, 6.07) is 22.0. The highest BCUT2D eigenvalue weighted by atomic mass is 16.1. The molecule has 1 N–H and O–H groups in total. The van der Waals surface area contributed by atoms with Crippen molar-refractivity contribution in [3.8, 4) is 5.69 Å². The zero-order valence-electron chi connectivity index (χ0n) is 19.5. The molecular formula is C28H30N4O2.